The lowest BCUT2D eigenvalue weighted by Crippen LogP contribution is -1.94. The summed E-state index contributed by atoms with van der Waals surface area (Å²) in [5.41, 5.74) is 1.52. The summed E-state index contributed by atoms with van der Waals surface area (Å²) in [6, 6.07) is 8.02. The molecule has 0 spiro atoms. The van der Waals surface area contributed by atoms with Gasteiger partial charge >= 0.3 is 0 Å². The highest BCUT2D eigenvalue weighted by atomic mass is 32.2. The van der Waals surface area contributed by atoms with Gasteiger partial charge in [-0.3, -0.25) is 0 Å². The van der Waals surface area contributed by atoms with E-state index in [0.29, 0.717) is 5.69 Å². The van der Waals surface area contributed by atoms with Crippen LogP contribution in [0.3, 0.4) is 0 Å². The smallest absolute Gasteiger partial charge is 0.111 e. The molecule has 0 aliphatic rings. The van der Waals surface area contributed by atoms with Crippen molar-refractivity contribution in [1.82, 2.24) is 15.0 Å². The summed E-state index contributed by atoms with van der Waals surface area (Å²) < 4.78 is 1.66. The summed E-state index contributed by atoms with van der Waals surface area (Å²) in [5.74, 6) is 0. The van der Waals surface area contributed by atoms with Crippen molar-refractivity contribution in [1.29, 1.82) is 0 Å². The second-order valence-electron chi connectivity index (χ2n) is 3.46. The molecule has 1 atom stereocenters. The molecule has 0 unspecified atom stereocenters. The van der Waals surface area contributed by atoms with Crippen molar-refractivity contribution >= 4 is 11.8 Å². The first-order chi connectivity index (χ1) is 7.70. The molecule has 16 heavy (non-hydrogen) atoms. The highest BCUT2D eigenvalue weighted by Gasteiger charge is 2.07. The lowest BCUT2D eigenvalue weighted by atomic mass is 10.3. The molecule has 1 N–H and O–H groups in total. The van der Waals surface area contributed by atoms with Crippen LogP contribution >= 0.6 is 11.8 Å². The van der Waals surface area contributed by atoms with Crippen LogP contribution in [0.15, 0.2) is 35.4 Å². The molecular formula is C11H13N3OS. The number of benzene rings is 1. The minimum atomic E-state index is -0.584. The zero-order valence-corrected chi connectivity index (χ0v) is 9.98. The molecule has 0 aliphatic heterocycles. The first-order valence-electron chi connectivity index (χ1n) is 4.95. The topological polar surface area (TPSA) is 50.9 Å². The fourth-order valence-electron chi connectivity index (χ4n) is 1.33. The average Bonchev–Trinajstić information content (AvgIpc) is 2.78. The molecule has 0 amide bonds. The van der Waals surface area contributed by atoms with Gasteiger partial charge in [-0.1, -0.05) is 5.21 Å². The largest absolute Gasteiger partial charge is 0.387 e. The third-order valence-corrected chi connectivity index (χ3v) is 3.02. The molecule has 1 aromatic heterocycles. The van der Waals surface area contributed by atoms with E-state index in [1.54, 1.807) is 29.6 Å². The molecule has 0 saturated heterocycles. The van der Waals surface area contributed by atoms with Crippen LogP contribution in [0.5, 0.6) is 0 Å². The van der Waals surface area contributed by atoms with E-state index in [9.17, 15) is 5.11 Å². The van der Waals surface area contributed by atoms with Crippen molar-refractivity contribution in [3.05, 3.63) is 36.2 Å². The number of thioether (sulfide) groups is 1. The van der Waals surface area contributed by atoms with E-state index in [1.165, 1.54) is 4.90 Å². The first-order valence-corrected chi connectivity index (χ1v) is 6.18. The predicted octanol–water partition coefficient (Wildman–Crippen LogP) is 2.04. The fourth-order valence-corrected chi connectivity index (χ4v) is 1.74. The molecule has 5 heteroatoms. The van der Waals surface area contributed by atoms with Crippen molar-refractivity contribution < 1.29 is 5.11 Å². The molecular weight excluding hydrogens is 222 g/mol. The summed E-state index contributed by atoms with van der Waals surface area (Å²) in [4.78, 5) is 1.21. The Hall–Kier alpha value is -1.33. The summed E-state index contributed by atoms with van der Waals surface area (Å²) in [5, 5.41) is 17.2. The van der Waals surface area contributed by atoms with E-state index in [2.05, 4.69) is 10.3 Å². The van der Waals surface area contributed by atoms with Crippen LogP contribution in [0.4, 0.5) is 0 Å². The van der Waals surface area contributed by atoms with Crippen LogP contribution in [0, 0.1) is 0 Å². The van der Waals surface area contributed by atoms with Gasteiger partial charge in [0.1, 0.15) is 5.69 Å². The van der Waals surface area contributed by atoms with E-state index < -0.39 is 6.10 Å². The molecule has 0 fully saturated rings. The van der Waals surface area contributed by atoms with Crippen molar-refractivity contribution in [2.75, 3.05) is 6.26 Å². The van der Waals surface area contributed by atoms with Crippen LogP contribution in [0.2, 0.25) is 0 Å². The van der Waals surface area contributed by atoms with Crippen LogP contribution in [-0.4, -0.2) is 26.4 Å². The van der Waals surface area contributed by atoms with Crippen molar-refractivity contribution in [2.24, 2.45) is 0 Å². The number of aliphatic hydroxyl groups is 1. The zero-order valence-electron chi connectivity index (χ0n) is 9.16. The maximum Gasteiger partial charge on any atom is 0.111 e. The van der Waals surface area contributed by atoms with Crippen molar-refractivity contribution in [3.63, 3.8) is 0 Å². The number of nitrogens with zero attached hydrogens (tertiary/aromatic N) is 3. The molecule has 0 radical (unpaired) electrons. The highest BCUT2D eigenvalue weighted by molar-refractivity contribution is 7.98. The van der Waals surface area contributed by atoms with Gasteiger partial charge in [0, 0.05) is 4.90 Å². The van der Waals surface area contributed by atoms with Gasteiger partial charge in [0.15, 0.2) is 0 Å². The summed E-state index contributed by atoms with van der Waals surface area (Å²) in [6.45, 7) is 1.67. The van der Waals surface area contributed by atoms with Crippen LogP contribution in [-0.2, 0) is 0 Å². The monoisotopic (exact) mass is 235 g/mol. The Bertz CT molecular complexity index is 464. The minimum Gasteiger partial charge on any atom is -0.387 e. The van der Waals surface area contributed by atoms with E-state index in [1.807, 2.05) is 30.5 Å². The molecule has 2 aromatic rings. The summed E-state index contributed by atoms with van der Waals surface area (Å²) in [6.07, 6.45) is 3.19. The van der Waals surface area contributed by atoms with Crippen LogP contribution in [0.25, 0.3) is 5.69 Å². The molecule has 84 valence electrons. The zero-order chi connectivity index (χ0) is 11.5. The Kier molecular flexibility index (Phi) is 3.26. The van der Waals surface area contributed by atoms with Gasteiger partial charge in [0.2, 0.25) is 0 Å². The summed E-state index contributed by atoms with van der Waals surface area (Å²) in [7, 11) is 0. The Morgan fingerprint density at radius 3 is 2.50 bits per heavy atom. The number of hydrogen-bond donors (Lipinski definition) is 1. The van der Waals surface area contributed by atoms with Crippen molar-refractivity contribution in [2.45, 2.75) is 17.9 Å². The number of aliphatic hydroxyl groups excluding tert-OH is 1. The normalized spacial score (nSPS) is 12.7. The third kappa shape index (κ3) is 2.25. The quantitative estimate of drug-likeness (QED) is 0.827. The second kappa shape index (κ2) is 4.67. The second-order valence-corrected chi connectivity index (χ2v) is 4.34. The Balaban J connectivity index is 2.28. The molecule has 4 nitrogen and oxygen atoms in total. The molecule has 0 aliphatic carbocycles. The lowest BCUT2D eigenvalue weighted by molar-refractivity contribution is 0.194. The van der Waals surface area contributed by atoms with Gasteiger partial charge in [-0.15, -0.1) is 16.9 Å². The molecule has 0 bridgehead atoms. The minimum absolute atomic E-state index is 0.578. The Morgan fingerprint density at radius 1 is 1.31 bits per heavy atom. The Labute approximate surface area is 98.3 Å². The molecule has 2 rings (SSSR count). The molecule has 1 heterocycles. The first kappa shape index (κ1) is 11.2. The molecule has 0 saturated carbocycles. The Morgan fingerprint density at radius 2 is 2.00 bits per heavy atom. The SMILES string of the molecule is CSc1ccc(-n2cc([C@@H](C)O)nn2)cc1. The van der Waals surface area contributed by atoms with Crippen LogP contribution in [0.1, 0.15) is 18.7 Å². The van der Waals surface area contributed by atoms with Gasteiger partial charge in [-0.05, 0) is 37.4 Å². The number of hydrogen-bond acceptors (Lipinski definition) is 4. The highest BCUT2D eigenvalue weighted by Crippen LogP contribution is 2.17. The van der Waals surface area contributed by atoms with Gasteiger partial charge in [0.05, 0.1) is 18.0 Å². The van der Waals surface area contributed by atoms with Crippen molar-refractivity contribution in [3.8, 4) is 5.69 Å². The standard InChI is InChI=1S/C11H13N3OS/c1-8(15)11-7-14(13-12-11)9-3-5-10(16-2)6-4-9/h3-8,15H,1-2H3/t8-/m1/s1. The van der Waals surface area contributed by atoms with E-state index in [-0.39, 0.29) is 0 Å². The maximum atomic E-state index is 9.35. The number of aromatic nitrogens is 3. The van der Waals surface area contributed by atoms with Gasteiger partial charge < -0.3 is 5.11 Å². The van der Waals surface area contributed by atoms with Crippen LogP contribution < -0.4 is 0 Å². The summed E-state index contributed by atoms with van der Waals surface area (Å²) >= 11 is 1.70. The van der Waals surface area contributed by atoms with E-state index >= 15 is 0 Å². The predicted molar refractivity (Wildman–Crippen MR) is 63.8 cm³/mol. The third-order valence-electron chi connectivity index (χ3n) is 2.28. The van der Waals surface area contributed by atoms with E-state index in [4.69, 9.17) is 0 Å². The lowest BCUT2D eigenvalue weighted by Gasteiger charge is -2.01. The van der Waals surface area contributed by atoms with E-state index in [0.717, 1.165) is 5.69 Å². The number of rotatable bonds is 3. The average molecular weight is 235 g/mol. The van der Waals surface area contributed by atoms with Gasteiger partial charge in [-0.25, -0.2) is 4.68 Å². The fraction of sp³-hybridized carbons (Fsp3) is 0.273. The maximum absolute atomic E-state index is 9.35. The van der Waals surface area contributed by atoms with Gasteiger partial charge in [-0.2, -0.15) is 0 Å². The molecule has 1 aromatic carbocycles. The van der Waals surface area contributed by atoms with Gasteiger partial charge in [0.25, 0.3) is 0 Å².